The van der Waals surface area contributed by atoms with Crippen molar-refractivity contribution in [2.75, 3.05) is 24.7 Å². The van der Waals surface area contributed by atoms with E-state index >= 15 is 0 Å². The van der Waals surface area contributed by atoms with Gasteiger partial charge in [-0.25, -0.2) is 4.79 Å². The molecule has 5 heteroatoms. The van der Waals surface area contributed by atoms with Gasteiger partial charge in [0.1, 0.15) is 5.75 Å². The summed E-state index contributed by atoms with van der Waals surface area (Å²) in [7, 11) is 0. The average molecular weight is 241 g/mol. The highest BCUT2D eigenvalue weighted by Crippen LogP contribution is 2.12. The molecule has 88 valence electrons. The van der Waals surface area contributed by atoms with Gasteiger partial charge in [0.2, 0.25) is 0 Å². The molecular formula is C11H15NO3S. The van der Waals surface area contributed by atoms with Crippen molar-refractivity contribution in [1.29, 1.82) is 0 Å². The number of hydrogen-bond donors (Lipinski definition) is 2. The van der Waals surface area contributed by atoms with Crippen LogP contribution in [0.15, 0.2) is 24.3 Å². The van der Waals surface area contributed by atoms with Crippen LogP contribution in [-0.4, -0.2) is 35.7 Å². The Morgan fingerprint density at radius 1 is 1.31 bits per heavy atom. The van der Waals surface area contributed by atoms with E-state index in [-0.39, 0.29) is 5.56 Å². The molecule has 0 spiro atoms. The topological polar surface area (TPSA) is 72.5 Å². The third kappa shape index (κ3) is 4.55. The van der Waals surface area contributed by atoms with Gasteiger partial charge in [-0.3, -0.25) is 0 Å². The number of ether oxygens (including phenoxy) is 1. The Hall–Kier alpha value is -1.20. The lowest BCUT2D eigenvalue weighted by Crippen LogP contribution is -2.05. The van der Waals surface area contributed by atoms with Crippen molar-refractivity contribution < 1.29 is 14.6 Å². The second-order valence-corrected chi connectivity index (χ2v) is 4.30. The van der Waals surface area contributed by atoms with E-state index in [4.69, 9.17) is 15.6 Å². The van der Waals surface area contributed by atoms with Gasteiger partial charge >= 0.3 is 5.97 Å². The van der Waals surface area contributed by atoms with Crippen LogP contribution in [0.5, 0.6) is 5.75 Å². The third-order valence-electron chi connectivity index (χ3n) is 1.86. The molecule has 16 heavy (non-hydrogen) atoms. The third-order valence-corrected chi connectivity index (χ3v) is 2.84. The second kappa shape index (κ2) is 7.14. The number of thioether (sulfide) groups is 1. The summed E-state index contributed by atoms with van der Waals surface area (Å²) in [6.45, 7) is 1.29. The number of nitrogens with two attached hydrogens (primary N) is 1. The maximum Gasteiger partial charge on any atom is 0.335 e. The van der Waals surface area contributed by atoms with Gasteiger partial charge in [-0.15, -0.1) is 0 Å². The molecule has 1 rings (SSSR count). The van der Waals surface area contributed by atoms with E-state index in [0.29, 0.717) is 18.9 Å². The molecule has 0 aromatic heterocycles. The highest BCUT2D eigenvalue weighted by atomic mass is 32.2. The number of rotatable bonds is 7. The van der Waals surface area contributed by atoms with Gasteiger partial charge in [0, 0.05) is 18.1 Å². The van der Waals surface area contributed by atoms with Crippen molar-refractivity contribution in [3.05, 3.63) is 29.8 Å². The fraction of sp³-hybridized carbons (Fsp3) is 0.364. The number of hydrogen-bond acceptors (Lipinski definition) is 4. The summed E-state index contributed by atoms with van der Waals surface area (Å²) in [4.78, 5) is 10.6. The molecule has 0 bridgehead atoms. The lowest BCUT2D eigenvalue weighted by atomic mass is 10.2. The fourth-order valence-electron chi connectivity index (χ4n) is 1.10. The summed E-state index contributed by atoms with van der Waals surface area (Å²) in [6.07, 6.45) is 0. The number of carboxylic acids is 1. The standard InChI is InChI=1S/C11H15NO3S/c12-5-7-16-8-6-15-10-3-1-9(2-4-10)11(13)14/h1-4H,5-8,12H2,(H,13,14). The van der Waals surface area contributed by atoms with E-state index in [9.17, 15) is 4.79 Å². The summed E-state index contributed by atoms with van der Waals surface area (Å²) in [6, 6.07) is 6.39. The van der Waals surface area contributed by atoms with E-state index in [2.05, 4.69) is 0 Å². The van der Waals surface area contributed by atoms with E-state index in [1.807, 2.05) is 0 Å². The molecule has 0 radical (unpaired) electrons. The molecule has 0 aliphatic rings. The van der Waals surface area contributed by atoms with Gasteiger partial charge in [0.05, 0.1) is 12.2 Å². The molecule has 1 aromatic rings. The van der Waals surface area contributed by atoms with Crippen LogP contribution < -0.4 is 10.5 Å². The molecule has 0 aliphatic carbocycles. The first-order valence-corrected chi connectivity index (χ1v) is 6.13. The number of aromatic carboxylic acids is 1. The van der Waals surface area contributed by atoms with Crippen molar-refractivity contribution >= 4 is 17.7 Å². The van der Waals surface area contributed by atoms with E-state index in [0.717, 1.165) is 11.5 Å². The Bertz CT molecular complexity index is 327. The van der Waals surface area contributed by atoms with Crippen molar-refractivity contribution in [3.8, 4) is 5.75 Å². The summed E-state index contributed by atoms with van der Waals surface area (Å²) in [5.74, 6) is 1.59. The van der Waals surface area contributed by atoms with Gasteiger partial charge in [0.25, 0.3) is 0 Å². The van der Waals surface area contributed by atoms with Gasteiger partial charge in [-0.1, -0.05) is 0 Å². The number of carboxylic acid groups (broad SMARTS) is 1. The summed E-state index contributed by atoms with van der Waals surface area (Å²) < 4.78 is 5.43. The molecule has 0 saturated carbocycles. The van der Waals surface area contributed by atoms with Gasteiger partial charge in [0.15, 0.2) is 0 Å². The Kier molecular flexibility index (Phi) is 5.74. The Labute approximate surface area is 98.8 Å². The molecule has 0 unspecified atom stereocenters. The number of carbonyl (C=O) groups is 1. The highest BCUT2D eigenvalue weighted by Gasteiger charge is 2.01. The molecule has 1 aromatic carbocycles. The molecule has 0 heterocycles. The Morgan fingerprint density at radius 2 is 2.00 bits per heavy atom. The van der Waals surface area contributed by atoms with E-state index in [1.165, 1.54) is 12.1 Å². The second-order valence-electron chi connectivity index (χ2n) is 3.08. The van der Waals surface area contributed by atoms with Crippen LogP contribution in [0.25, 0.3) is 0 Å². The zero-order valence-electron chi connectivity index (χ0n) is 8.89. The number of benzene rings is 1. The molecular weight excluding hydrogens is 226 g/mol. The minimum atomic E-state index is -0.926. The normalized spacial score (nSPS) is 10.1. The minimum Gasteiger partial charge on any atom is -0.493 e. The highest BCUT2D eigenvalue weighted by molar-refractivity contribution is 7.99. The quantitative estimate of drug-likeness (QED) is 0.707. The molecule has 3 N–H and O–H groups in total. The summed E-state index contributed by atoms with van der Waals surface area (Å²) >= 11 is 1.74. The first kappa shape index (κ1) is 12.9. The smallest absolute Gasteiger partial charge is 0.335 e. The predicted molar refractivity (Wildman–Crippen MR) is 65.3 cm³/mol. The summed E-state index contributed by atoms with van der Waals surface area (Å²) in [5, 5.41) is 8.69. The monoisotopic (exact) mass is 241 g/mol. The van der Waals surface area contributed by atoms with E-state index < -0.39 is 5.97 Å². The van der Waals surface area contributed by atoms with Crippen LogP contribution in [0.2, 0.25) is 0 Å². The SMILES string of the molecule is NCCSCCOc1ccc(C(=O)O)cc1. The fourth-order valence-corrected chi connectivity index (χ4v) is 1.67. The van der Waals surface area contributed by atoms with Gasteiger partial charge in [-0.05, 0) is 24.3 Å². The molecule has 0 aliphatic heterocycles. The Balaban J connectivity index is 2.29. The summed E-state index contributed by atoms with van der Waals surface area (Å²) in [5.41, 5.74) is 5.62. The molecule has 0 amide bonds. The molecule has 4 nitrogen and oxygen atoms in total. The van der Waals surface area contributed by atoms with Crippen molar-refractivity contribution in [2.45, 2.75) is 0 Å². The van der Waals surface area contributed by atoms with Crippen LogP contribution in [0.4, 0.5) is 0 Å². The first-order valence-electron chi connectivity index (χ1n) is 4.98. The van der Waals surface area contributed by atoms with Crippen LogP contribution in [0.3, 0.4) is 0 Å². The van der Waals surface area contributed by atoms with Gasteiger partial charge < -0.3 is 15.6 Å². The molecule has 0 fully saturated rings. The largest absolute Gasteiger partial charge is 0.493 e. The van der Waals surface area contributed by atoms with Crippen molar-refractivity contribution in [2.24, 2.45) is 5.73 Å². The zero-order chi connectivity index (χ0) is 11.8. The van der Waals surface area contributed by atoms with Crippen molar-refractivity contribution in [1.82, 2.24) is 0 Å². The first-order chi connectivity index (χ1) is 7.74. The maximum atomic E-state index is 10.6. The zero-order valence-corrected chi connectivity index (χ0v) is 9.70. The predicted octanol–water partition coefficient (Wildman–Crippen LogP) is 1.46. The Morgan fingerprint density at radius 3 is 2.56 bits per heavy atom. The van der Waals surface area contributed by atoms with Gasteiger partial charge in [-0.2, -0.15) is 11.8 Å². The lowest BCUT2D eigenvalue weighted by molar-refractivity contribution is 0.0697. The minimum absolute atomic E-state index is 0.268. The van der Waals surface area contributed by atoms with E-state index in [1.54, 1.807) is 23.9 Å². The van der Waals surface area contributed by atoms with Crippen molar-refractivity contribution in [3.63, 3.8) is 0 Å². The average Bonchev–Trinajstić information content (AvgIpc) is 2.29. The van der Waals surface area contributed by atoms with Crippen LogP contribution >= 0.6 is 11.8 Å². The molecule has 0 saturated heterocycles. The van der Waals surface area contributed by atoms with Crippen LogP contribution in [-0.2, 0) is 0 Å². The van der Waals surface area contributed by atoms with Crippen LogP contribution in [0, 0.1) is 0 Å². The lowest BCUT2D eigenvalue weighted by Gasteiger charge is -2.05. The molecule has 0 atom stereocenters. The maximum absolute atomic E-state index is 10.6. The van der Waals surface area contributed by atoms with Crippen LogP contribution in [0.1, 0.15) is 10.4 Å².